The van der Waals surface area contributed by atoms with Crippen LogP contribution in [0.2, 0.25) is 0 Å². The van der Waals surface area contributed by atoms with Crippen molar-refractivity contribution in [3.8, 4) is 0 Å². The number of aryl methyl sites for hydroxylation is 1. The highest BCUT2D eigenvalue weighted by molar-refractivity contribution is 5.94. The van der Waals surface area contributed by atoms with Gasteiger partial charge in [-0.1, -0.05) is 19.1 Å². The van der Waals surface area contributed by atoms with E-state index in [-0.39, 0.29) is 17.9 Å². The summed E-state index contributed by atoms with van der Waals surface area (Å²) in [6.45, 7) is 3.72. The van der Waals surface area contributed by atoms with E-state index < -0.39 is 10.9 Å². The Balaban J connectivity index is 3.08. The van der Waals surface area contributed by atoms with Crippen LogP contribution in [-0.2, 0) is 4.74 Å². The molecule has 0 fully saturated rings. The first-order valence-electron chi connectivity index (χ1n) is 4.99. The van der Waals surface area contributed by atoms with Gasteiger partial charge in [0.2, 0.25) is 0 Å². The second-order valence-corrected chi connectivity index (χ2v) is 3.36. The summed E-state index contributed by atoms with van der Waals surface area (Å²) in [5.41, 5.74) is 0.290. The number of nitro groups is 1. The number of nitrogens with zero attached hydrogens (tertiary/aromatic N) is 1. The van der Waals surface area contributed by atoms with Crippen molar-refractivity contribution in [2.45, 2.75) is 20.3 Å². The number of para-hydroxylation sites is 1. The highest BCUT2D eigenvalue weighted by Gasteiger charge is 2.23. The van der Waals surface area contributed by atoms with Crippen molar-refractivity contribution >= 4 is 11.7 Å². The first-order valence-corrected chi connectivity index (χ1v) is 4.99. The lowest BCUT2D eigenvalue weighted by molar-refractivity contribution is -0.385. The summed E-state index contributed by atoms with van der Waals surface area (Å²) >= 11 is 0. The van der Waals surface area contributed by atoms with Gasteiger partial charge in [-0.25, -0.2) is 4.79 Å². The summed E-state index contributed by atoms with van der Waals surface area (Å²) in [6.07, 6.45) is 0.686. The number of hydrogen-bond acceptors (Lipinski definition) is 4. The predicted octanol–water partition coefficient (Wildman–Crippen LogP) is 2.47. The predicted molar refractivity (Wildman–Crippen MR) is 58.4 cm³/mol. The minimum atomic E-state index is -0.641. The van der Waals surface area contributed by atoms with Crippen LogP contribution >= 0.6 is 0 Å². The molecule has 1 rings (SSSR count). The van der Waals surface area contributed by atoms with Gasteiger partial charge in [-0.2, -0.15) is 0 Å². The Bertz CT molecular complexity index is 414. The van der Waals surface area contributed by atoms with Crippen molar-refractivity contribution in [3.63, 3.8) is 0 Å². The fourth-order valence-electron chi connectivity index (χ4n) is 1.34. The first-order chi connectivity index (χ1) is 7.57. The topological polar surface area (TPSA) is 69.4 Å². The monoisotopic (exact) mass is 223 g/mol. The molecule has 0 heterocycles. The van der Waals surface area contributed by atoms with Crippen molar-refractivity contribution in [1.29, 1.82) is 0 Å². The van der Waals surface area contributed by atoms with E-state index in [0.717, 1.165) is 0 Å². The number of rotatable bonds is 4. The maximum atomic E-state index is 11.6. The molecule has 86 valence electrons. The number of ether oxygens (including phenoxy) is 1. The van der Waals surface area contributed by atoms with Crippen molar-refractivity contribution in [2.75, 3.05) is 6.61 Å². The molecule has 0 saturated heterocycles. The third kappa shape index (κ3) is 2.56. The quantitative estimate of drug-likeness (QED) is 0.446. The first kappa shape index (κ1) is 12.2. The fourth-order valence-corrected chi connectivity index (χ4v) is 1.34. The summed E-state index contributed by atoms with van der Waals surface area (Å²) in [5, 5.41) is 10.8. The number of hydrogen-bond donors (Lipinski definition) is 0. The average molecular weight is 223 g/mol. The smallest absolute Gasteiger partial charge is 0.345 e. The number of benzene rings is 1. The van der Waals surface area contributed by atoms with Gasteiger partial charge < -0.3 is 4.74 Å². The summed E-state index contributed by atoms with van der Waals surface area (Å²) in [7, 11) is 0. The molecular weight excluding hydrogens is 210 g/mol. The summed E-state index contributed by atoms with van der Waals surface area (Å²) < 4.78 is 4.88. The standard InChI is InChI=1S/C11H13NO4/c1-3-7-16-11(13)9-6-4-5-8(2)10(9)12(14)15/h4-6H,3,7H2,1-2H3. The van der Waals surface area contributed by atoms with Crippen molar-refractivity contribution in [1.82, 2.24) is 0 Å². The maximum absolute atomic E-state index is 11.6. The van der Waals surface area contributed by atoms with Gasteiger partial charge >= 0.3 is 5.97 Å². The maximum Gasteiger partial charge on any atom is 0.345 e. The largest absolute Gasteiger partial charge is 0.462 e. The zero-order valence-electron chi connectivity index (χ0n) is 9.23. The number of carbonyl (C=O) groups is 1. The average Bonchev–Trinajstić information content (AvgIpc) is 2.24. The Morgan fingerprint density at radius 3 is 2.75 bits per heavy atom. The molecule has 16 heavy (non-hydrogen) atoms. The second kappa shape index (κ2) is 5.25. The molecule has 0 N–H and O–H groups in total. The Kier molecular flexibility index (Phi) is 3.99. The van der Waals surface area contributed by atoms with E-state index in [1.807, 2.05) is 6.92 Å². The number of carbonyl (C=O) groups excluding carboxylic acids is 1. The number of nitro benzene ring substituents is 1. The molecule has 0 atom stereocenters. The van der Waals surface area contributed by atoms with Gasteiger partial charge in [0.05, 0.1) is 11.5 Å². The summed E-state index contributed by atoms with van der Waals surface area (Å²) in [6, 6.07) is 4.60. The highest BCUT2D eigenvalue weighted by atomic mass is 16.6. The molecule has 0 saturated carbocycles. The normalized spacial score (nSPS) is 9.88. The van der Waals surface area contributed by atoms with Gasteiger partial charge in [0.15, 0.2) is 0 Å². The van der Waals surface area contributed by atoms with Gasteiger partial charge in [-0.15, -0.1) is 0 Å². The molecule has 5 heteroatoms. The minimum Gasteiger partial charge on any atom is -0.462 e. The molecule has 1 aromatic carbocycles. The molecule has 0 aliphatic rings. The molecule has 0 bridgehead atoms. The van der Waals surface area contributed by atoms with Gasteiger partial charge in [0, 0.05) is 5.56 Å². The lowest BCUT2D eigenvalue weighted by Crippen LogP contribution is -2.09. The van der Waals surface area contributed by atoms with Gasteiger partial charge in [0.25, 0.3) is 5.69 Å². The Labute approximate surface area is 93.2 Å². The van der Waals surface area contributed by atoms with Crippen LogP contribution in [0.3, 0.4) is 0 Å². The molecule has 0 amide bonds. The SMILES string of the molecule is CCCOC(=O)c1cccc(C)c1[N+](=O)[O-]. The Hall–Kier alpha value is -1.91. The van der Waals surface area contributed by atoms with Crippen LogP contribution in [0.5, 0.6) is 0 Å². The van der Waals surface area contributed by atoms with E-state index >= 15 is 0 Å². The van der Waals surface area contributed by atoms with E-state index in [1.54, 1.807) is 19.1 Å². The van der Waals surface area contributed by atoms with Crippen molar-refractivity contribution < 1.29 is 14.5 Å². The summed E-state index contributed by atoms with van der Waals surface area (Å²) in [4.78, 5) is 21.8. The zero-order valence-corrected chi connectivity index (χ0v) is 9.23. The van der Waals surface area contributed by atoms with E-state index in [2.05, 4.69) is 0 Å². The van der Waals surface area contributed by atoms with E-state index in [4.69, 9.17) is 4.74 Å². The van der Waals surface area contributed by atoms with Crippen LogP contribution in [0.4, 0.5) is 5.69 Å². The van der Waals surface area contributed by atoms with Crippen LogP contribution in [0.15, 0.2) is 18.2 Å². The summed E-state index contributed by atoms with van der Waals surface area (Å²) in [5.74, 6) is -0.641. The van der Waals surface area contributed by atoms with Crippen LogP contribution in [-0.4, -0.2) is 17.5 Å². The van der Waals surface area contributed by atoms with Gasteiger partial charge in [-0.05, 0) is 19.4 Å². The van der Waals surface area contributed by atoms with Gasteiger partial charge in [-0.3, -0.25) is 10.1 Å². The van der Waals surface area contributed by atoms with Gasteiger partial charge in [0.1, 0.15) is 5.56 Å². The molecule has 1 aromatic rings. The van der Waals surface area contributed by atoms with Crippen molar-refractivity contribution in [3.05, 3.63) is 39.4 Å². The van der Waals surface area contributed by atoms with Crippen LogP contribution in [0, 0.1) is 17.0 Å². The fraction of sp³-hybridized carbons (Fsp3) is 0.364. The Morgan fingerprint density at radius 2 is 2.19 bits per heavy atom. The van der Waals surface area contributed by atoms with Crippen LogP contribution in [0.25, 0.3) is 0 Å². The molecule has 0 aliphatic heterocycles. The lowest BCUT2D eigenvalue weighted by atomic mass is 10.1. The molecular formula is C11H13NO4. The van der Waals surface area contributed by atoms with Crippen LogP contribution < -0.4 is 0 Å². The molecule has 0 aromatic heterocycles. The molecule has 5 nitrogen and oxygen atoms in total. The second-order valence-electron chi connectivity index (χ2n) is 3.36. The van der Waals surface area contributed by atoms with E-state index in [0.29, 0.717) is 12.0 Å². The molecule has 0 unspecified atom stereocenters. The van der Waals surface area contributed by atoms with Crippen LogP contribution in [0.1, 0.15) is 29.3 Å². The third-order valence-corrected chi connectivity index (χ3v) is 2.08. The van der Waals surface area contributed by atoms with E-state index in [9.17, 15) is 14.9 Å². The molecule has 0 radical (unpaired) electrons. The Morgan fingerprint density at radius 1 is 1.50 bits per heavy atom. The number of esters is 1. The zero-order chi connectivity index (χ0) is 12.1. The lowest BCUT2D eigenvalue weighted by Gasteiger charge is -2.05. The third-order valence-electron chi connectivity index (χ3n) is 2.08. The van der Waals surface area contributed by atoms with E-state index in [1.165, 1.54) is 6.07 Å². The molecule has 0 aliphatic carbocycles. The minimum absolute atomic E-state index is 0.0125. The van der Waals surface area contributed by atoms with Crippen molar-refractivity contribution in [2.24, 2.45) is 0 Å². The highest BCUT2D eigenvalue weighted by Crippen LogP contribution is 2.23. The molecule has 0 spiro atoms.